The quantitative estimate of drug-likeness (QED) is 0.838. The lowest BCUT2D eigenvalue weighted by Gasteiger charge is -2.32. The zero-order valence-electron chi connectivity index (χ0n) is 11.7. The molecule has 0 aromatic carbocycles. The average molecular weight is 284 g/mol. The molecule has 1 aromatic heterocycles. The summed E-state index contributed by atoms with van der Waals surface area (Å²) in [5, 5.41) is 4.00. The fourth-order valence-electron chi connectivity index (χ4n) is 2.81. The highest BCUT2D eigenvalue weighted by atomic mass is 35.5. The van der Waals surface area contributed by atoms with Gasteiger partial charge in [0, 0.05) is 19.2 Å². The van der Waals surface area contributed by atoms with Gasteiger partial charge in [-0.1, -0.05) is 37.8 Å². The second-order valence-electron chi connectivity index (χ2n) is 5.13. The molecule has 1 aliphatic rings. The number of nitrogens with one attached hydrogen (secondary N) is 1. The highest BCUT2D eigenvalue weighted by Crippen LogP contribution is 2.29. The van der Waals surface area contributed by atoms with Crippen molar-refractivity contribution in [2.45, 2.75) is 51.7 Å². The van der Waals surface area contributed by atoms with Crippen LogP contribution >= 0.6 is 11.6 Å². The summed E-state index contributed by atoms with van der Waals surface area (Å²) < 4.78 is 5.06. The van der Waals surface area contributed by atoms with Crippen molar-refractivity contribution in [3.05, 3.63) is 17.0 Å². The van der Waals surface area contributed by atoms with Crippen LogP contribution in [0.1, 0.15) is 44.9 Å². The van der Waals surface area contributed by atoms with Gasteiger partial charge < -0.3 is 10.1 Å². The lowest BCUT2D eigenvalue weighted by molar-refractivity contribution is 0.178. The SMILES string of the molecule is CCC1CCCCC1Nc1cc(Cl)nc(COC)n1. The van der Waals surface area contributed by atoms with Gasteiger partial charge >= 0.3 is 0 Å². The molecule has 1 aromatic rings. The van der Waals surface area contributed by atoms with Crippen LogP contribution in [-0.2, 0) is 11.3 Å². The van der Waals surface area contributed by atoms with Gasteiger partial charge in [-0.05, 0) is 18.8 Å². The number of anilines is 1. The summed E-state index contributed by atoms with van der Waals surface area (Å²) in [4.78, 5) is 8.60. The number of rotatable bonds is 5. The molecule has 1 heterocycles. The molecule has 19 heavy (non-hydrogen) atoms. The van der Waals surface area contributed by atoms with Crippen LogP contribution in [0.4, 0.5) is 5.82 Å². The van der Waals surface area contributed by atoms with Crippen LogP contribution in [0.5, 0.6) is 0 Å². The summed E-state index contributed by atoms with van der Waals surface area (Å²) in [6, 6.07) is 2.29. The van der Waals surface area contributed by atoms with Gasteiger partial charge in [-0.2, -0.15) is 0 Å². The smallest absolute Gasteiger partial charge is 0.158 e. The van der Waals surface area contributed by atoms with E-state index in [1.165, 1.54) is 32.1 Å². The Hall–Kier alpha value is -0.870. The van der Waals surface area contributed by atoms with E-state index in [0.29, 0.717) is 23.6 Å². The Morgan fingerprint density at radius 1 is 1.37 bits per heavy atom. The van der Waals surface area contributed by atoms with Crippen molar-refractivity contribution in [2.75, 3.05) is 12.4 Å². The largest absolute Gasteiger partial charge is 0.377 e. The maximum absolute atomic E-state index is 6.03. The Kier molecular flexibility index (Phi) is 5.40. The van der Waals surface area contributed by atoms with E-state index in [0.717, 1.165) is 11.7 Å². The molecule has 1 aliphatic carbocycles. The molecule has 5 heteroatoms. The summed E-state index contributed by atoms with van der Waals surface area (Å²) >= 11 is 6.03. The summed E-state index contributed by atoms with van der Waals surface area (Å²) in [5.74, 6) is 2.17. The Balaban J connectivity index is 2.08. The molecule has 2 unspecified atom stereocenters. The molecule has 0 bridgehead atoms. The lowest BCUT2D eigenvalue weighted by atomic mass is 9.83. The third-order valence-electron chi connectivity index (χ3n) is 3.78. The molecular formula is C14H22ClN3O. The molecule has 0 amide bonds. The number of methoxy groups -OCH3 is 1. The molecule has 1 N–H and O–H groups in total. The molecule has 0 radical (unpaired) electrons. The highest BCUT2D eigenvalue weighted by molar-refractivity contribution is 6.29. The number of aromatic nitrogens is 2. The van der Waals surface area contributed by atoms with E-state index in [1.54, 1.807) is 13.2 Å². The van der Waals surface area contributed by atoms with Crippen LogP contribution in [0, 0.1) is 5.92 Å². The Labute approximate surface area is 119 Å². The van der Waals surface area contributed by atoms with Crippen LogP contribution in [0.25, 0.3) is 0 Å². The predicted molar refractivity (Wildman–Crippen MR) is 77.4 cm³/mol. The van der Waals surface area contributed by atoms with Crippen molar-refractivity contribution in [3.63, 3.8) is 0 Å². The van der Waals surface area contributed by atoms with Gasteiger partial charge in [-0.3, -0.25) is 0 Å². The highest BCUT2D eigenvalue weighted by Gasteiger charge is 2.23. The fraction of sp³-hybridized carbons (Fsp3) is 0.714. The first-order chi connectivity index (χ1) is 9.22. The van der Waals surface area contributed by atoms with E-state index in [1.807, 2.05) is 0 Å². The van der Waals surface area contributed by atoms with E-state index >= 15 is 0 Å². The van der Waals surface area contributed by atoms with Gasteiger partial charge in [-0.25, -0.2) is 9.97 Å². The van der Waals surface area contributed by atoms with E-state index in [4.69, 9.17) is 16.3 Å². The maximum atomic E-state index is 6.03. The minimum Gasteiger partial charge on any atom is -0.377 e. The van der Waals surface area contributed by atoms with E-state index in [2.05, 4.69) is 22.2 Å². The van der Waals surface area contributed by atoms with Gasteiger partial charge in [0.2, 0.25) is 0 Å². The minimum absolute atomic E-state index is 0.386. The lowest BCUT2D eigenvalue weighted by Crippen LogP contribution is -2.32. The molecule has 0 aliphatic heterocycles. The van der Waals surface area contributed by atoms with Crippen molar-refractivity contribution < 1.29 is 4.74 Å². The number of ether oxygens (including phenoxy) is 1. The van der Waals surface area contributed by atoms with Crippen molar-refractivity contribution >= 4 is 17.4 Å². The van der Waals surface area contributed by atoms with Gasteiger partial charge in [0.25, 0.3) is 0 Å². The van der Waals surface area contributed by atoms with Crippen LogP contribution in [0.3, 0.4) is 0 Å². The third kappa shape index (κ3) is 4.05. The first-order valence-electron chi connectivity index (χ1n) is 7.02. The van der Waals surface area contributed by atoms with Crippen molar-refractivity contribution in [2.24, 2.45) is 5.92 Å². The Morgan fingerprint density at radius 3 is 2.89 bits per heavy atom. The van der Waals surface area contributed by atoms with Gasteiger partial charge in [0.05, 0.1) is 0 Å². The molecule has 0 spiro atoms. The van der Waals surface area contributed by atoms with Crippen LogP contribution in [0.2, 0.25) is 5.15 Å². The molecule has 106 valence electrons. The predicted octanol–water partition coefficient (Wildman–Crippen LogP) is 3.66. The Bertz CT molecular complexity index is 414. The Morgan fingerprint density at radius 2 is 2.16 bits per heavy atom. The molecular weight excluding hydrogens is 262 g/mol. The number of halogens is 1. The summed E-state index contributed by atoms with van der Waals surface area (Å²) in [6.07, 6.45) is 6.35. The molecule has 0 saturated heterocycles. The molecule has 4 nitrogen and oxygen atoms in total. The zero-order chi connectivity index (χ0) is 13.7. The van der Waals surface area contributed by atoms with E-state index in [-0.39, 0.29) is 0 Å². The summed E-state index contributed by atoms with van der Waals surface area (Å²) in [5.41, 5.74) is 0. The number of hydrogen-bond acceptors (Lipinski definition) is 4. The van der Waals surface area contributed by atoms with Crippen molar-refractivity contribution in [1.29, 1.82) is 0 Å². The minimum atomic E-state index is 0.386. The molecule has 1 fully saturated rings. The van der Waals surface area contributed by atoms with Crippen LogP contribution in [-0.4, -0.2) is 23.1 Å². The second-order valence-corrected chi connectivity index (χ2v) is 5.52. The molecule has 1 saturated carbocycles. The molecule has 2 rings (SSSR count). The van der Waals surface area contributed by atoms with Crippen LogP contribution < -0.4 is 5.32 Å². The first kappa shape index (κ1) is 14.5. The van der Waals surface area contributed by atoms with Gasteiger partial charge in [0.1, 0.15) is 17.6 Å². The standard InChI is InChI=1S/C14H22ClN3O/c1-3-10-6-4-5-7-11(10)16-13-8-12(15)17-14(18-13)9-19-2/h8,10-11H,3-7,9H2,1-2H3,(H,16,17,18). The van der Waals surface area contributed by atoms with E-state index in [9.17, 15) is 0 Å². The van der Waals surface area contributed by atoms with Crippen molar-refractivity contribution in [3.8, 4) is 0 Å². The number of hydrogen-bond donors (Lipinski definition) is 1. The fourth-order valence-corrected chi connectivity index (χ4v) is 3.01. The summed E-state index contributed by atoms with van der Waals surface area (Å²) in [6.45, 7) is 2.64. The first-order valence-corrected chi connectivity index (χ1v) is 7.39. The average Bonchev–Trinajstić information content (AvgIpc) is 2.39. The van der Waals surface area contributed by atoms with Gasteiger partial charge in [0.15, 0.2) is 5.82 Å². The molecule has 2 atom stereocenters. The van der Waals surface area contributed by atoms with E-state index < -0.39 is 0 Å². The normalized spacial score (nSPS) is 23.3. The van der Waals surface area contributed by atoms with Crippen LogP contribution in [0.15, 0.2) is 6.07 Å². The van der Waals surface area contributed by atoms with Crippen molar-refractivity contribution in [1.82, 2.24) is 9.97 Å². The monoisotopic (exact) mass is 283 g/mol. The van der Waals surface area contributed by atoms with Gasteiger partial charge in [-0.15, -0.1) is 0 Å². The topological polar surface area (TPSA) is 47.0 Å². The second kappa shape index (κ2) is 7.06. The summed E-state index contributed by atoms with van der Waals surface area (Å²) in [7, 11) is 1.63. The zero-order valence-corrected chi connectivity index (χ0v) is 12.4. The third-order valence-corrected chi connectivity index (χ3v) is 3.97. The number of nitrogens with zero attached hydrogens (tertiary/aromatic N) is 2. The maximum Gasteiger partial charge on any atom is 0.158 e.